The van der Waals surface area contributed by atoms with E-state index in [4.69, 9.17) is 5.73 Å². The Morgan fingerprint density at radius 2 is 1.95 bits per heavy atom. The van der Waals surface area contributed by atoms with Gasteiger partial charge in [-0.25, -0.2) is 0 Å². The van der Waals surface area contributed by atoms with E-state index in [0.29, 0.717) is 12.0 Å². The zero-order valence-electron chi connectivity index (χ0n) is 12.6. The van der Waals surface area contributed by atoms with Gasteiger partial charge in [0, 0.05) is 25.2 Å². The third-order valence-electron chi connectivity index (χ3n) is 4.32. The van der Waals surface area contributed by atoms with E-state index < -0.39 is 6.61 Å². The van der Waals surface area contributed by atoms with Gasteiger partial charge in [-0.1, -0.05) is 19.1 Å². The zero-order chi connectivity index (χ0) is 15.4. The third kappa shape index (κ3) is 4.64. The number of alkyl halides is 2. The number of nitrogens with zero attached hydrogens (tertiary/aromatic N) is 1. The summed E-state index contributed by atoms with van der Waals surface area (Å²) in [6.07, 6.45) is 1.96. The summed E-state index contributed by atoms with van der Waals surface area (Å²) in [7, 11) is 0. The highest BCUT2D eigenvalue weighted by Gasteiger charge is 2.29. The number of hydrogen-bond acceptors (Lipinski definition) is 3. The summed E-state index contributed by atoms with van der Waals surface area (Å²) in [6.45, 7) is 3.67. The average Bonchev–Trinajstić information content (AvgIpc) is 2.77. The summed E-state index contributed by atoms with van der Waals surface area (Å²) in [6, 6.07) is 7.65. The van der Waals surface area contributed by atoms with Gasteiger partial charge in [-0.3, -0.25) is 4.90 Å². The monoisotopic (exact) mass is 298 g/mol. The molecule has 1 fully saturated rings. The molecule has 2 rings (SSSR count). The average molecular weight is 298 g/mol. The zero-order valence-corrected chi connectivity index (χ0v) is 12.6. The maximum atomic E-state index is 12.1. The molecule has 1 saturated heterocycles. The van der Waals surface area contributed by atoms with Crippen LogP contribution in [-0.4, -0.2) is 36.7 Å². The Morgan fingerprint density at radius 3 is 2.48 bits per heavy atom. The molecule has 1 aliphatic rings. The molecule has 5 heteroatoms. The summed E-state index contributed by atoms with van der Waals surface area (Å²) in [5.41, 5.74) is 7.19. The van der Waals surface area contributed by atoms with Crippen molar-refractivity contribution in [1.82, 2.24) is 4.90 Å². The maximum Gasteiger partial charge on any atom is 0.387 e. The van der Waals surface area contributed by atoms with E-state index in [1.165, 1.54) is 0 Å². The van der Waals surface area contributed by atoms with Gasteiger partial charge < -0.3 is 10.5 Å². The fourth-order valence-electron chi connectivity index (χ4n) is 2.79. The van der Waals surface area contributed by atoms with Crippen molar-refractivity contribution in [2.45, 2.75) is 45.4 Å². The molecule has 0 spiro atoms. The standard InChI is InChI=1S/C16H24F2N2O/c1-11-9-20(10-15(11)19)12(2)3-4-13-5-7-14(8-6-13)21-16(17)18/h5-8,11-12,15-16H,3-4,9-10,19H2,1-2H3. The number of likely N-dealkylation sites (tertiary alicyclic amines) is 1. The first kappa shape index (κ1) is 16.2. The molecule has 3 nitrogen and oxygen atoms in total. The Bertz CT molecular complexity index is 428. The summed E-state index contributed by atoms with van der Waals surface area (Å²) >= 11 is 0. The molecule has 0 bridgehead atoms. The summed E-state index contributed by atoms with van der Waals surface area (Å²) in [4.78, 5) is 2.43. The first-order valence-electron chi connectivity index (χ1n) is 7.49. The second kappa shape index (κ2) is 7.18. The van der Waals surface area contributed by atoms with Gasteiger partial charge in [0.05, 0.1) is 0 Å². The van der Waals surface area contributed by atoms with E-state index >= 15 is 0 Å². The number of halogens is 2. The van der Waals surface area contributed by atoms with E-state index in [9.17, 15) is 8.78 Å². The van der Waals surface area contributed by atoms with E-state index in [1.54, 1.807) is 12.1 Å². The van der Waals surface area contributed by atoms with Crippen LogP contribution in [0.5, 0.6) is 5.75 Å². The number of nitrogens with two attached hydrogens (primary N) is 1. The predicted octanol–water partition coefficient (Wildman–Crippen LogP) is 2.89. The number of ether oxygens (including phenoxy) is 1. The molecule has 118 valence electrons. The summed E-state index contributed by atoms with van der Waals surface area (Å²) < 4.78 is 28.5. The van der Waals surface area contributed by atoms with Crippen LogP contribution in [0.1, 0.15) is 25.8 Å². The molecule has 0 aliphatic carbocycles. The predicted molar refractivity (Wildman–Crippen MR) is 79.6 cm³/mol. The van der Waals surface area contributed by atoms with E-state index in [1.807, 2.05) is 12.1 Å². The van der Waals surface area contributed by atoms with Crippen LogP contribution in [0.15, 0.2) is 24.3 Å². The van der Waals surface area contributed by atoms with Gasteiger partial charge in [0.1, 0.15) is 5.75 Å². The van der Waals surface area contributed by atoms with Crippen molar-refractivity contribution in [2.75, 3.05) is 13.1 Å². The van der Waals surface area contributed by atoms with Gasteiger partial charge in [0.2, 0.25) is 0 Å². The minimum Gasteiger partial charge on any atom is -0.435 e. The van der Waals surface area contributed by atoms with Gasteiger partial charge in [-0.2, -0.15) is 8.78 Å². The van der Waals surface area contributed by atoms with Crippen molar-refractivity contribution in [3.8, 4) is 5.75 Å². The third-order valence-corrected chi connectivity index (χ3v) is 4.32. The minimum absolute atomic E-state index is 0.209. The smallest absolute Gasteiger partial charge is 0.387 e. The first-order chi connectivity index (χ1) is 9.95. The topological polar surface area (TPSA) is 38.5 Å². The number of benzene rings is 1. The van der Waals surface area contributed by atoms with E-state index in [0.717, 1.165) is 31.5 Å². The molecule has 1 aliphatic heterocycles. The largest absolute Gasteiger partial charge is 0.435 e. The molecule has 0 saturated carbocycles. The highest BCUT2D eigenvalue weighted by Crippen LogP contribution is 2.21. The molecule has 0 radical (unpaired) electrons. The van der Waals surface area contributed by atoms with Crippen LogP contribution in [0, 0.1) is 5.92 Å². The highest BCUT2D eigenvalue weighted by atomic mass is 19.3. The Hall–Kier alpha value is -1.20. The molecule has 1 aromatic rings. The van der Waals surface area contributed by atoms with Crippen LogP contribution in [0.3, 0.4) is 0 Å². The molecule has 0 aromatic heterocycles. The fourth-order valence-corrected chi connectivity index (χ4v) is 2.79. The second-order valence-corrected chi connectivity index (χ2v) is 6.01. The van der Waals surface area contributed by atoms with Crippen LogP contribution in [0.25, 0.3) is 0 Å². The van der Waals surface area contributed by atoms with Crippen molar-refractivity contribution in [3.05, 3.63) is 29.8 Å². The number of rotatable bonds is 6. The molecule has 21 heavy (non-hydrogen) atoms. The Balaban J connectivity index is 1.80. The van der Waals surface area contributed by atoms with E-state index in [2.05, 4.69) is 23.5 Å². The fraction of sp³-hybridized carbons (Fsp3) is 0.625. The Kier molecular flexibility index (Phi) is 5.53. The van der Waals surface area contributed by atoms with Crippen LogP contribution in [-0.2, 0) is 6.42 Å². The van der Waals surface area contributed by atoms with Gasteiger partial charge in [0.25, 0.3) is 0 Å². The van der Waals surface area contributed by atoms with Crippen LogP contribution >= 0.6 is 0 Å². The maximum absolute atomic E-state index is 12.1. The molecule has 0 amide bonds. The first-order valence-corrected chi connectivity index (χ1v) is 7.49. The van der Waals surface area contributed by atoms with Crippen LogP contribution < -0.4 is 10.5 Å². The summed E-state index contributed by atoms with van der Waals surface area (Å²) in [5, 5.41) is 0. The Morgan fingerprint density at radius 1 is 1.29 bits per heavy atom. The van der Waals surface area contributed by atoms with Gasteiger partial charge in [-0.05, 0) is 43.4 Å². The van der Waals surface area contributed by atoms with Crippen molar-refractivity contribution < 1.29 is 13.5 Å². The minimum atomic E-state index is -2.77. The molecule has 1 aromatic carbocycles. The normalized spacial score (nSPS) is 24.5. The molecular weight excluding hydrogens is 274 g/mol. The van der Waals surface area contributed by atoms with Crippen LogP contribution in [0.4, 0.5) is 8.78 Å². The number of aryl methyl sites for hydroxylation is 1. The molecule has 1 heterocycles. The molecule has 3 atom stereocenters. The lowest BCUT2D eigenvalue weighted by atomic mass is 10.1. The van der Waals surface area contributed by atoms with E-state index in [-0.39, 0.29) is 11.8 Å². The Labute approximate surface area is 125 Å². The van der Waals surface area contributed by atoms with Crippen LogP contribution in [0.2, 0.25) is 0 Å². The number of hydrogen-bond donors (Lipinski definition) is 1. The van der Waals surface area contributed by atoms with Gasteiger partial charge >= 0.3 is 6.61 Å². The second-order valence-electron chi connectivity index (χ2n) is 6.01. The van der Waals surface area contributed by atoms with Crippen molar-refractivity contribution in [1.29, 1.82) is 0 Å². The van der Waals surface area contributed by atoms with Gasteiger partial charge in [0.15, 0.2) is 0 Å². The molecule has 2 N–H and O–H groups in total. The lowest BCUT2D eigenvalue weighted by Crippen LogP contribution is -2.34. The molecule has 3 unspecified atom stereocenters. The van der Waals surface area contributed by atoms with Crippen molar-refractivity contribution in [3.63, 3.8) is 0 Å². The molecular formula is C16H24F2N2O. The van der Waals surface area contributed by atoms with Crippen molar-refractivity contribution >= 4 is 0 Å². The summed E-state index contributed by atoms with van der Waals surface area (Å²) in [5.74, 6) is 0.763. The van der Waals surface area contributed by atoms with Crippen molar-refractivity contribution in [2.24, 2.45) is 11.7 Å². The SMILES string of the molecule is CC1CN(C(C)CCc2ccc(OC(F)F)cc2)CC1N. The highest BCUT2D eigenvalue weighted by molar-refractivity contribution is 5.27. The lowest BCUT2D eigenvalue weighted by Gasteiger charge is -2.24. The quantitative estimate of drug-likeness (QED) is 0.877. The van der Waals surface area contributed by atoms with Gasteiger partial charge in [-0.15, -0.1) is 0 Å². The lowest BCUT2D eigenvalue weighted by molar-refractivity contribution is -0.0498.